The van der Waals surface area contributed by atoms with E-state index in [9.17, 15) is 9.59 Å². The summed E-state index contributed by atoms with van der Waals surface area (Å²) in [4.78, 5) is 29.4. The third kappa shape index (κ3) is 6.50. The molecule has 0 saturated carbocycles. The predicted molar refractivity (Wildman–Crippen MR) is 129 cm³/mol. The van der Waals surface area contributed by atoms with Gasteiger partial charge >= 0.3 is 12.2 Å². The maximum Gasteiger partial charge on any atom is 0.411 e. The molecule has 0 aliphatic carbocycles. The van der Waals surface area contributed by atoms with Crippen LogP contribution in [0.5, 0.6) is 0 Å². The monoisotopic (exact) mass is 444 g/mol. The maximum atomic E-state index is 13.4. The van der Waals surface area contributed by atoms with Crippen molar-refractivity contribution in [2.45, 2.75) is 91.5 Å². The Morgan fingerprint density at radius 2 is 1.81 bits per heavy atom. The summed E-state index contributed by atoms with van der Waals surface area (Å²) in [7, 11) is 0. The van der Waals surface area contributed by atoms with Gasteiger partial charge in [-0.3, -0.25) is 4.90 Å². The predicted octanol–water partition coefficient (Wildman–Crippen LogP) is 6.20. The minimum atomic E-state index is -0.620. The van der Waals surface area contributed by atoms with Gasteiger partial charge in [-0.1, -0.05) is 37.8 Å². The molecule has 2 atom stereocenters. The molecule has 178 valence electrons. The van der Waals surface area contributed by atoms with Crippen molar-refractivity contribution in [1.29, 1.82) is 0 Å². The quantitative estimate of drug-likeness (QED) is 0.542. The molecule has 0 N–H and O–H groups in total. The van der Waals surface area contributed by atoms with Gasteiger partial charge in [-0.2, -0.15) is 0 Å². The fourth-order valence-electron chi connectivity index (χ4n) is 4.10. The molecule has 0 aromatic heterocycles. The first-order chi connectivity index (χ1) is 14.8. The first-order valence-electron chi connectivity index (χ1n) is 11.5. The van der Waals surface area contributed by atoms with E-state index in [1.165, 1.54) is 5.56 Å². The zero-order valence-corrected chi connectivity index (χ0v) is 21.0. The molecule has 1 aliphatic heterocycles. The van der Waals surface area contributed by atoms with Gasteiger partial charge in [-0.25, -0.2) is 9.59 Å². The minimum Gasteiger partial charge on any atom is -0.444 e. The molecule has 1 aromatic rings. The second-order valence-electron chi connectivity index (χ2n) is 10.4. The molecule has 0 radical (unpaired) electrons. The van der Waals surface area contributed by atoms with Crippen molar-refractivity contribution in [3.05, 3.63) is 41.5 Å². The zero-order valence-electron chi connectivity index (χ0n) is 21.0. The van der Waals surface area contributed by atoms with Crippen LogP contribution in [0.3, 0.4) is 0 Å². The number of aryl methyl sites for hydroxylation is 1. The van der Waals surface area contributed by atoms with E-state index in [1.54, 1.807) is 9.80 Å². The number of ether oxygens (including phenoxy) is 2. The first-order valence-corrected chi connectivity index (χ1v) is 11.5. The highest BCUT2D eigenvalue weighted by Gasteiger charge is 2.39. The third-order valence-corrected chi connectivity index (χ3v) is 5.50. The number of hydrogen-bond donors (Lipinski definition) is 0. The van der Waals surface area contributed by atoms with Crippen LogP contribution >= 0.6 is 0 Å². The van der Waals surface area contributed by atoms with Crippen LogP contribution in [0.15, 0.2) is 24.8 Å². The average molecular weight is 445 g/mol. The standard InChI is InChI=1S/C26H40N2O4/c1-10-19-13-12-14-22(21(19)11-2)18(3)28(24(30)32-26(7,8)9)20-15-16-27(17-20)23(29)31-25(4,5)6/h11-14,18,20H,2,10,15-17H2,1,3-9H3/t18-,20+/m1/s1. The lowest BCUT2D eigenvalue weighted by Gasteiger charge is -2.37. The summed E-state index contributed by atoms with van der Waals surface area (Å²) in [5, 5.41) is 0. The molecule has 0 bridgehead atoms. The molecule has 6 nitrogen and oxygen atoms in total. The van der Waals surface area contributed by atoms with E-state index >= 15 is 0 Å². The molecule has 1 fully saturated rings. The highest BCUT2D eigenvalue weighted by atomic mass is 16.6. The number of carbonyl (C=O) groups is 2. The normalized spacial score (nSPS) is 17.6. The smallest absolute Gasteiger partial charge is 0.411 e. The Morgan fingerprint density at radius 3 is 2.34 bits per heavy atom. The average Bonchev–Trinajstić information content (AvgIpc) is 3.14. The van der Waals surface area contributed by atoms with E-state index < -0.39 is 11.2 Å². The number of nitrogens with zero attached hydrogens (tertiary/aromatic N) is 2. The fourth-order valence-corrected chi connectivity index (χ4v) is 4.10. The van der Waals surface area contributed by atoms with E-state index in [0.717, 1.165) is 17.5 Å². The molecule has 0 spiro atoms. The number of likely N-dealkylation sites (tertiary alicyclic amines) is 1. The van der Waals surface area contributed by atoms with Crippen molar-refractivity contribution in [1.82, 2.24) is 9.80 Å². The summed E-state index contributed by atoms with van der Waals surface area (Å²) in [5.41, 5.74) is 2.09. The number of amides is 2. The van der Waals surface area contributed by atoms with Crippen LogP contribution in [0.2, 0.25) is 0 Å². The summed E-state index contributed by atoms with van der Waals surface area (Å²) >= 11 is 0. The fraction of sp³-hybridized carbons (Fsp3) is 0.615. The second kappa shape index (κ2) is 9.97. The van der Waals surface area contributed by atoms with Gasteiger partial charge in [0.15, 0.2) is 0 Å². The number of hydrogen-bond acceptors (Lipinski definition) is 4. The lowest BCUT2D eigenvalue weighted by atomic mass is 9.93. The Balaban J connectivity index is 2.37. The summed E-state index contributed by atoms with van der Waals surface area (Å²) < 4.78 is 11.3. The Morgan fingerprint density at radius 1 is 1.19 bits per heavy atom. The van der Waals surface area contributed by atoms with Crippen molar-refractivity contribution < 1.29 is 19.1 Å². The van der Waals surface area contributed by atoms with Crippen molar-refractivity contribution >= 4 is 18.3 Å². The molecule has 2 rings (SSSR count). The Bertz CT molecular complexity index is 835. The van der Waals surface area contributed by atoms with E-state index in [4.69, 9.17) is 9.47 Å². The summed E-state index contributed by atoms with van der Waals surface area (Å²) in [6, 6.07) is 5.74. The Kier molecular flexibility index (Phi) is 8.02. The summed E-state index contributed by atoms with van der Waals surface area (Å²) in [5.74, 6) is 0. The largest absolute Gasteiger partial charge is 0.444 e. The highest BCUT2D eigenvalue weighted by molar-refractivity contribution is 5.72. The van der Waals surface area contributed by atoms with E-state index in [2.05, 4.69) is 19.6 Å². The zero-order chi connectivity index (χ0) is 24.3. The van der Waals surface area contributed by atoms with Gasteiger partial charge in [0.05, 0.1) is 12.1 Å². The number of rotatable bonds is 5. The van der Waals surface area contributed by atoms with Crippen LogP contribution in [0.25, 0.3) is 6.08 Å². The van der Waals surface area contributed by atoms with Crippen molar-refractivity contribution in [3.63, 3.8) is 0 Å². The van der Waals surface area contributed by atoms with Crippen molar-refractivity contribution in [2.75, 3.05) is 13.1 Å². The Labute approximate surface area is 193 Å². The molecule has 1 heterocycles. The van der Waals surface area contributed by atoms with Crippen molar-refractivity contribution in [3.8, 4) is 0 Å². The third-order valence-electron chi connectivity index (χ3n) is 5.50. The van der Waals surface area contributed by atoms with Crippen LogP contribution in [-0.2, 0) is 15.9 Å². The SMILES string of the molecule is C=Cc1c(CC)cccc1[C@@H](C)N(C(=O)OC(C)(C)C)[C@H]1CCN(C(=O)OC(C)(C)C)C1. The molecule has 0 unspecified atom stereocenters. The van der Waals surface area contributed by atoms with Gasteiger partial charge in [0.2, 0.25) is 0 Å². The van der Waals surface area contributed by atoms with Gasteiger partial charge in [0, 0.05) is 13.1 Å². The highest BCUT2D eigenvalue weighted by Crippen LogP contribution is 2.33. The van der Waals surface area contributed by atoms with E-state index in [-0.39, 0.29) is 24.3 Å². The molecule has 32 heavy (non-hydrogen) atoms. The molecule has 1 aromatic carbocycles. The maximum absolute atomic E-state index is 13.4. The van der Waals surface area contributed by atoms with E-state index in [0.29, 0.717) is 19.5 Å². The minimum absolute atomic E-state index is 0.171. The summed E-state index contributed by atoms with van der Waals surface area (Å²) in [6.45, 7) is 20.2. The van der Waals surface area contributed by atoms with Crippen molar-refractivity contribution in [2.24, 2.45) is 0 Å². The van der Waals surface area contributed by atoms with Gasteiger partial charge < -0.3 is 14.4 Å². The molecule has 1 saturated heterocycles. The lowest BCUT2D eigenvalue weighted by molar-refractivity contribution is 0.00462. The molecule has 2 amide bonds. The van der Waals surface area contributed by atoms with Gasteiger partial charge in [0.1, 0.15) is 11.2 Å². The number of benzene rings is 1. The van der Waals surface area contributed by atoms with Crippen LogP contribution in [0, 0.1) is 0 Å². The van der Waals surface area contributed by atoms with Crippen LogP contribution in [0.4, 0.5) is 9.59 Å². The van der Waals surface area contributed by atoms with Crippen LogP contribution < -0.4 is 0 Å². The van der Waals surface area contributed by atoms with Crippen LogP contribution in [0.1, 0.15) is 84.5 Å². The molecule has 6 heteroatoms. The number of carbonyl (C=O) groups excluding carboxylic acids is 2. The molecule has 1 aliphatic rings. The molecular weight excluding hydrogens is 404 g/mol. The topological polar surface area (TPSA) is 59.1 Å². The lowest BCUT2D eigenvalue weighted by Crippen LogP contribution is -2.46. The van der Waals surface area contributed by atoms with Gasteiger partial charge in [0.25, 0.3) is 0 Å². The van der Waals surface area contributed by atoms with Crippen LogP contribution in [-0.4, -0.2) is 52.3 Å². The second-order valence-corrected chi connectivity index (χ2v) is 10.4. The first kappa shape index (κ1) is 25.8. The van der Waals surface area contributed by atoms with Gasteiger partial charge in [-0.05, 0) is 78.0 Å². The Hall–Kier alpha value is -2.50. The van der Waals surface area contributed by atoms with E-state index in [1.807, 2.05) is 66.7 Å². The molecular formula is C26H40N2O4. The summed E-state index contributed by atoms with van der Waals surface area (Å²) in [6.07, 6.45) is 2.68. The van der Waals surface area contributed by atoms with Gasteiger partial charge in [-0.15, -0.1) is 0 Å².